The Labute approximate surface area is 96.9 Å². The van der Waals surface area contributed by atoms with E-state index in [9.17, 15) is 4.39 Å². The van der Waals surface area contributed by atoms with Crippen molar-refractivity contribution < 1.29 is 9.13 Å². The van der Waals surface area contributed by atoms with Gasteiger partial charge in [0.15, 0.2) is 0 Å². The van der Waals surface area contributed by atoms with E-state index in [1.165, 1.54) is 0 Å². The highest BCUT2D eigenvalue weighted by molar-refractivity contribution is 6.30. The van der Waals surface area contributed by atoms with Crippen LogP contribution in [0.25, 0.3) is 0 Å². The van der Waals surface area contributed by atoms with Crippen molar-refractivity contribution in [1.82, 2.24) is 9.97 Å². The van der Waals surface area contributed by atoms with Gasteiger partial charge in [-0.25, -0.2) is 9.97 Å². The fourth-order valence-electron chi connectivity index (χ4n) is 1.21. The molecule has 0 saturated carbocycles. The molecule has 0 aliphatic heterocycles. The van der Waals surface area contributed by atoms with E-state index in [1.54, 1.807) is 18.2 Å². The average molecular weight is 239 g/mol. The normalized spacial score (nSPS) is 10.2. The molecule has 1 aromatic heterocycles. The van der Waals surface area contributed by atoms with Crippen LogP contribution in [0.2, 0.25) is 5.02 Å². The number of hydrogen-bond donors (Lipinski definition) is 0. The lowest BCUT2D eigenvalue weighted by atomic mass is 10.2. The molecule has 1 aromatic carbocycles. The minimum Gasteiger partial charge on any atom is -0.439 e. The maximum Gasteiger partial charge on any atom is 0.225 e. The van der Waals surface area contributed by atoms with Gasteiger partial charge in [0.1, 0.15) is 12.1 Å². The highest BCUT2D eigenvalue weighted by Crippen LogP contribution is 2.25. The van der Waals surface area contributed by atoms with Crippen LogP contribution in [0.5, 0.6) is 11.6 Å². The summed E-state index contributed by atoms with van der Waals surface area (Å²) in [4.78, 5) is 7.13. The van der Waals surface area contributed by atoms with Crippen LogP contribution in [0, 0.1) is 12.9 Å². The van der Waals surface area contributed by atoms with E-state index in [0.717, 1.165) is 18.0 Å². The van der Waals surface area contributed by atoms with Crippen LogP contribution in [0.15, 0.2) is 30.6 Å². The van der Waals surface area contributed by atoms with Crippen molar-refractivity contribution in [2.75, 3.05) is 0 Å². The Balaban J connectivity index is 2.27. The predicted molar refractivity (Wildman–Crippen MR) is 58.3 cm³/mol. The molecule has 2 rings (SSSR count). The molecule has 0 radical (unpaired) electrons. The molecule has 0 atom stereocenters. The van der Waals surface area contributed by atoms with Gasteiger partial charge in [-0.1, -0.05) is 11.6 Å². The third kappa shape index (κ3) is 2.46. The molecule has 0 spiro atoms. The molecular weight excluding hydrogens is 231 g/mol. The number of nitrogens with zero attached hydrogens (tertiary/aromatic N) is 2. The second-order valence-electron chi connectivity index (χ2n) is 3.19. The number of ether oxygens (including phenoxy) is 1. The molecule has 16 heavy (non-hydrogen) atoms. The Kier molecular flexibility index (Phi) is 3.01. The first-order chi connectivity index (χ1) is 7.65. The highest BCUT2D eigenvalue weighted by atomic mass is 35.5. The van der Waals surface area contributed by atoms with Crippen molar-refractivity contribution >= 4 is 11.6 Å². The summed E-state index contributed by atoms with van der Waals surface area (Å²) in [6.07, 6.45) is 1.11. The third-order valence-corrected chi connectivity index (χ3v) is 2.20. The van der Waals surface area contributed by atoms with Crippen molar-refractivity contribution in [3.8, 4) is 11.6 Å². The summed E-state index contributed by atoms with van der Waals surface area (Å²) in [7, 11) is 0. The van der Waals surface area contributed by atoms with Crippen LogP contribution < -0.4 is 4.74 Å². The van der Waals surface area contributed by atoms with Gasteiger partial charge < -0.3 is 4.74 Å². The lowest BCUT2D eigenvalue weighted by molar-refractivity contribution is 0.447. The summed E-state index contributed by atoms with van der Waals surface area (Å²) in [5, 5.41) is 0.624. The standard InChI is InChI=1S/C11H8ClFN2O/c1-7-4-8(12)2-3-9(7)16-11-5-10(13)14-6-15-11/h2-6H,1H3. The first-order valence-electron chi connectivity index (χ1n) is 4.57. The molecule has 3 nitrogen and oxygen atoms in total. The quantitative estimate of drug-likeness (QED) is 0.753. The summed E-state index contributed by atoms with van der Waals surface area (Å²) >= 11 is 5.80. The minimum absolute atomic E-state index is 0.165. The van der Waals surface area contributed by atoms with Crippen LogP contribution in [-0.2, 0) is 0 Å². The van der Waals surface area contributed by atoms with Gasteiger partial charge in [-0.05, 0) is 30.7 Å². The van der Waals surface area contributed by atoms with Crippen molar-refractivity contribution in [1.29, 1.82) is 0 Å². The molecule has 82 valence electrons. The lowest BCUT2D eigenvalue weighted by Crippen LogP contribution is -1.92. The van der Waals surface area contributed by atoms with Crippen LogP contribution in [0.4, 0.5) is 4.39 Å². The van der Waals surface area contributed by atoms with Crippen LogP contribution in [-0.4, -0.2) is 9.97 Å². The van der Waals surface area contributed by atoms with Crippen molar-refractivity contribution in [3.05, 3.63) is 47.1 Å². The third-order valence-electron chi connectivity index (χ3n) is 1.96. The Hall–Kier alpha value is -1.68. The summed E-state index contributed by atoms with van der Waals surface area (Å²) in [6.45, 7) is 1.85. The fourth-order valence-corrected chi connectivity index (χ4v) is 1.44. The highest BCUT2D eigenvalue weighted by Gasteiger charge is 2.04. The van der Waals surface area contributed by atoms with Gasteiger partial charge in [0.25, 0.3) is 0 Å². The van der Waals surface area contributed by atoms with E-state index in [2.05, 4.69) is 9.97 Å². The fraction of sp³-hybridized carbons (Fsp3) is 0.0909. The van der Waals surface area contributed by atoms with E-state index < -0.39 is 5.95 Å². The number of aromatic nitrogens is 2. The summed E-state index contributed by atoms with van der Waals surface area (Å²) in [5.74, 6) is 0.122. The van der Waals surface area contributed by atoms with Crippen LogP contribution in [0.3, 0.4) is 0 Å². The number of benzene rings is 1. The molecule has 0 aliphatic rings. The molecule has 0 bridgehead atoms. The summed E-state index contributed by atoms with van der Waals surface area (Å²) < 4.78 is 18.2. The molecule has 1 heterocycles. The van der Waals surface area contributed by atoms with Crippen molar-refractivity contribution in [2.24, 2.45) is 0 Å². The zero-order valence-corrected chi connectivity index (χ0v) is 9.20. The SMILES string of the molecule is Cc1cc(Cl)ccc1Oc1cc(F)ncn1. The molecule has 0 saturated heterocycles. The molecule has 0 N–H and O–H groups in total. The van der Waals surface area contributed by atoms with Crippen LogP contribution >= 0.6 is 11.6 Å². The van der Waals surface area contributed by atoms with E-state index in [4.69, 9.17) is 16.3 Å². The van der Waals surface area contributed by atoms with Gasteiger partial charge in [-0.15, -0.1) is 0 Å². The Morgan fingerprint density at radius 3 is 2.75 bits per heavy atom. The smallest absolute Gasteiger partial charge is 0.225 e. The zero-order chi connectivity index (χ0) is 11.5. The second kappa shape index (κ2) is 4.45. The van der Waals surface area contributed by atoms with Crippen molar-refractivity contribution in [3.63, 3.8) is 0 Å². The summed E-state index contributed by atoms with van der Waals surface area (Å²) in [6, 6.07) is 6.28. The molecule has 0 amide bonds. The Morgan fingerprint density at radius 2 is 2.06 bits per heavy atom. The zero-order valence-electron chi connectivity index (χ0n) is 8.45. The topological polar surface area (TPSA) is 35.0 Å². The van der Waals surface area contributed by atoms with E-state index >= 15 is 0 Å². The number of rotatable bonds is 2. The van der Waals surface area contributed by atoms with Gasteiger partial charge in [0.2, 0.25) is 11.8 Å². The molecule has 2 aromatic rings. The van der Waals surface area contributed by atoms with Crippen LogP contribution in [0.1, 0.15) is 5.56 Å². The molecule has 5 heteroatoms. The van der Waals surface area contributed by atoms with Crippen molar-refractivity contribution in [2.45, 2.75) is 6.92 Å². The van der Waals surface area contributed by atoms with E-state index in [1.807, 2.05) is 6.92 Å². The monoisotopic (exact) mass is 238 g/mol. The van der Waals surface area contributed by atoms with Gasteiger partial charge in [-0.3, -0.25) is 0 Å². The van der Waals surface area contributed by atoms with E-state index in [-0.39, 0.29) is 5.88 Å². The number of halogens is 2. The van der Waals surface area contributed by atoms with Gasteiger partial charge in [0.05, 0.1) is 6.07 Å². The Morgan fingerprint density at radius 1 is 1.25 bits per heavy atom. The van der Waals surface area contributed by atoms with Gasteiger partial charge in [0, 0.05) is 5.02 Å². The lowest BCUT2D eigenvalue weighted by Gasteiger charge is -2.07. The van der Waals surface area contributed by atoms with E-state index in [0.29, 0.717) is 10.8 Å². The maximum atomic E-state index is 12.8. The molecule has 0 aliphatic carbocycles. The number of aryl methyl sites for hydroxylation is 1. The Bertz CT molecular complexity index is 519. The maximum absolute atomic E-state index is 12.8. The predicted octanol–water partition coefficient (Wildman–Crippen LogP) is 3.37. The second-order valence-corrected chi connectivity index (χ2v) is 3.63. The minimum atomic E-state index is -0.628. The van der Waals surface area contributed by atoms with Gasteiger partial charge in [-0.2, -0.15) is 4.39 Å². The molecule has 0 unspecified atom stereocenters. The largest absolute Gasteiger partial charge is 0.439 e. The first-order valence-corrected chi connectivity index (χ1v) is 4.94. The number of hydrogen-bond acceptors (Lipinski definition) is 3. The molecular formula is C11H8ClFN2O. The van der Waals surface area contributed by atoms with Gasteiger partial charge >= 0.3 is 0 Å². The average Bonchev–Trinajstić information content (AvgIpc) is 2.22. The molecule has 0 fully saturated rings. The summed E-state index contributed by atoms with van der Waals surface area (Å²) in [5.41, 5.74) is 0.853. The first kappa shape index (κ1) is 10.8.